The Kier molecular flexibility index (Phi) is 4.83. The van der Waals surface area contributed by atoms with Crippen molar-refractivity contribution in [2.45, 2.75) is 59.3 Å². The third kappa shape index (κ3) is 3.30. The highest BCUT2D eigenvalue weighted by Crippen LogP contribution is 2.60. The first-order chi connectivity index (χ1) is 14.5. The molecule has 4 bridgehead atoms. The Morgan fingerprint density at radius 3 is 2.23 bits per heavy atom. The molecule has 1 aromatic carbocycles. The second-order valence-corrected chi connectivity index (χ2v) is 9.87. The Balaban J connectivity index is 1.44. The van der Waals surface area contributed by atoms with Gasteiger partial charge in [-0.2, -0.15) is 0 Å². The van der Waals surface area contributed by atoms with Crippen molar-refractivity contribution in [3.63, 3.8) is 0 Å². The maximum absolute atomic E-state index is 13.5. The number of carbonyl (C=O) groups excluding carboxylic acids is 1. The fourth-order valence-electron chi connectivity index (χ4n) is 6.77. The molecule has 2 aromatic rings. The topological polar surface area (TPSA) is 49.7 Å². The average Bonchev–Trinajstić information content (AvgIpc) is 2.70. The summed E-state index contributed by atoms with van der Waals surface area (Å²) in [5, 5.41) is 0. The van der Waals surface area contributed by atoms with E-state index in [9.17, 15) is 4.79 Å². The van der Waals surface area contributed by atoms with Gasteiger partial charge in [-0.1, -0.05) is 0 Å². The molecule has 0 amide bonds. The Morgan fingerprint density at radius 1 is 1.07 bits per heavy atom. The highest BCUT2D eigenvalue weighted by atomic mass is 16.5. The number of H-pyrrole nitrogens is 1. The molecular formula is C26H32NO3+. The van der Waals surface area contributed by atoms with E-state index in [-0.39, 0.29) is 11.4 Å². The molecule has 4 aliphatic rings. The van der Waals surface area contributed by atoms with Gasteiger partial charge in [0, 0.05) is 6.07 Å². The van der Waals surface area contributed by atoms with Crippen molar-refractivity contribution in [1.82, 2.24) is 0 Å². The zero-order valence-electron chi connectivity index (χ0n) is 18.3. The number of aromatic nitrogens is 1. The Hall–Kier alpha value is -2.36. The van der Waals surface area contributed by atoms with E-state index in [2.05, 4.69) is 31.0 Å². The molecule has 0 spiro atoms. The first kappa shape index (κ1) is 19.6. The number of hydrogen-bond acceptors (Lipinski definition) is 3. The van der Waals surface area contributed by atoms with Crippen molar-refractivity contribution in [1.29, 1.82) is 0 Å². The minimum atomic E-state index is -0.257. The molecule has 0 aliphatic heterocycles. The zero-order valence-corrected chi connectivity index (χ0v) is 18.3. The fourth-order valence-corrected chi connectivity index (χ4v) is 6.77. The van der Waals surface area contributed by atoms with E-state index in [1.54, 1.807) is 0 Å². The van der Waals surface area contributed by atoms with Crippen LogP contribution >= 0.6 is 0 Å². The van der Waals surface area contributed by atoms with Crippen LogP contribution in [0.15, 0.2) is 30.5 Å². The number of pyridine rings is 1. The van der Waals surface area contributed by atoms with Gasteiger partial charge in [-0.05, 0) is 106 Å². The highest BCUT2D eigenvalue weighted by Gasteiger charge is 2.55. The van der Waals surface area contributed by atoms with Crippen LogP contribution in [0.5, 0.6) is 11.5 Å². The van der Waals surface area contributed by atoms with E-state index in [0.717, 1.165) is 65.1 Å². The second-order valence-electron chi connectivity index (χ2n) is 9.87. The average molecular weight is 407 g/mol. The van der Waals surface area contributed by atoms with Crippen molar-refractivity contribution in [2.75, 3.05) is 6.61 Å². The highest BCUT2D eigenvalue weighted by molar-refractivity contribution is 5.81. The van der Waals surface area contributed by atoms with Gasteiger partial charge < -0.3 is 9.47 Å². The molecule has 0 saturated heterocycles. The number of carbonyl (C=O) groups is 1. The maximum atomic E-state index is 13.5. The van der Waals surface area contributed by atoms with E-state index in [1.165, 1.54) is 19.3 Å². The van der Waals surface area contributed by atoms with Gasteiger partial charge in [-0.3, -0.25) is 4.79 Å². The van der Waals surface area contributed by atoms with E-state index in [4.69, 9.17) is 9.47 Å². The van der Waals surface area contributed by atoms with Gasteiger partial charge in [0.25, 0.3) is 5.69 Å². The summed E-state index contributed by atoms with van der Waals surface area (Å²) in [6.45, 7) is 6.77. The summed E-state index contributed by atoms with van der Waals surface area (Å²) >= 11 is 0. The lowest BCUT2D eigenvalue weighted by Crippen LogP contribution is -2.51. The van der Waals surface area contributed by atoms with Crippen LogP contribution in [-0.4, -0.2) is 12.6 Å². The number of ether oxygens (including phenoxy) is 2. The number of benzene rings is 1. The summed E-state index contributed by atoms with van der Waals surface area (Å²) in [7, 11) is 0. The molecule has 4 aliphatic carbocycles. The molecule has 30 heavy (non-hydrogen) atoms. The van der Waals surface area contributed by atoms with Gasteiger partial charge in [0.05, 0.1) is 17.6 Å². The Morgan fingerprint density at radius 2 is 1.67 bits per heavy atom. The standard InChI is InChI=1S/C26H31NO3/c1-4-29-24-16(2)8-21(9-17(24)3)23-22(6-5-7-27-23)30-25(28)26-13-18-10-19(14-26)12-20(11-18)15-26/h5-9,18-20H,4,10-15H2,1-3H3/p+1. The number of nitrogens with one attached hydrogen (secondary N) is 1. The summed E-state index contributed by atoms with van der Waals surface area (Å²) in [5.74, 6) is 3.72. The van der Waals surface area contributed by atoms with E-state index in [1.807, 2.05) is 25.3 Å². The zero-order chi connectivity index (χ0) is 20.9. The smallest absolute Gasteiger partial charge is 0.317 e. The molecular weight excluding hydrogens is 374 g/mol. The summed E-state index contributed by atoms with van der Waals surface area (Å²) in [6, 6.07) is 8.02. The number of rotatable bonds is 5. The third-order valence-electron chi connectivity index (χ3n) is 7.53. The third-order valence-corrected chi connectivity index (χ3v) is 7.53. The molecule has 4 heteroatoms. The van der Waals surface area contributed by atoms with Crippen LogP contribution in [0.3, 0.4) is 0 Å². The summed E-state index contributed by atoms with van der Waals surface area (Å²) in [6.07, 6.45) is 8.91. The van der Waals surface area contributed by atoms with Crippen molar-refractivity contribution >= 4 is 5.97 Å². The fraction of sp³-hybridized carbons (Fsp3) is 0.538. The Labute approximate surface area is 179 Å². The van der Waals surface area contributed by atoms with Crippen LogP contribution in [0, 0.1) is 37.0 Å². The van der Waals surface area contributed by atoms with Gasteiger partial charge in [0.1, 0.15) is 5.75 Å². The second kappa shape index (κ2) is 7.40. The molecule has 1 heterocycles. The largest absolute Gasteiger partial charge is 0.493 e. The van der Waals surface area contributed by atoms with Crippen LogP contribution in [0.2, 0.25) is 0 Å². The molecule has 1 aromatic heterocycles. The lowest BCUT2D eigenvalue weighted by molar-refractivity contribution is -0.365. The monoisotopic (exact) mass is 406 g/mol. The van der Waals surface area contributed by atoms with Gasteiger partial charge in [0.2, 0.25) is 5.75 Å². The van der Waals surface area contributed by atoms with Crippen molar-refractivity contribution in [3.8, 4) is 22.8 Å². The number of esters is 1. The van der Waals surface area contributed by atoms with Gasteiger partial charge in [0.15, 0.2) is 6.20 Å². The first-order valence-corrected chi connectivity index (χ1v) is 11.4. The SMILES string of the molecule is CCOc1c(C)cc(-c2[nH+]cccc2OC(=O)C23CC4CC(CC(C4)C2)C3)cc1C. The normalized spacial score (nSPS) is 29.1. The molecule has 6 rings (SSSR count). The van der Waals surface area contributed by atoms with Gasteiger partial charge in [-0.15, -0.1) is 0 Å². The molecule has 0 atom stereocenters. The van der Waals surface area contributed by atoms with Crippen LogP contribution in [-0.2, 0) is 4.79 Å². The maximum Gasteiger partial charge on any atom is 0.317 e. The molecule has 0 unspecified atom stereocenters. The van der Waals surface area contributed by atoms with Crippen molar-refractivity contribution < 1.29 is 19.3 Å². The molecule has 0 radical (unpaired) electrons. The quantitative estimate of drug-likeness (QED) is 0.633. The lowest BCUT2D eigenvalue weighted by atomic mass is 9.49. The molecule has 4 nitrogen and oxygen atoms in total. The molecule has 158 valence electrons. The summed E-state index contributed by atoms with van der Waals surface area (Å²) < 4.78 is 11.9. The minimum absolute atomic E-state index is 0.0122. The van der Waals surface area contributed by atoms with Crippen LogP contribution in [0.4, 0.5) is 0 Å². The summed E-state index contributed by atoms with van der Waals surface area (Å²) in [4.78, 5) is 16.8. The van der Waals surface area contributed by atoms with Crippen LogP contribution < -0.4 is 14.5 Å². The minimum Gasteiger partial charge on any atom is -0.493 e. The van der Waals surface area contributed by atoms with E-state index in [0.29, 0.717) is 12.4 Å². The first-order valence-electron chi connectivity index (χ1n) is 11.4. The molecule has 4 saturated carbocycles. The van der Waals surface area contributed by atoms with Crippen molar-refractivity contribution in [2.24, 2.45) is 23.2 Å². The molecule has 4 fully saturated rings. The lowest BCUT2D eigenvalue weighted by Gasteiger charge is -2.55. The van der Waals surface area contributed by atoms with E-state index < -0.39 is 0 Å². The van der Waals surface area contributed by atoms with Gasteiger partial charge in [-0.25, -0.2) is 4.98 Å². The Bertz CT molecular complexity index is 922. The molecule has 1 N–H and O–H groups in total. The number of aryl methyl sites for hydroxylation is 2. The predicted molar refractivity (Wildman–Crippen MR) is 115 cm³/mol. The number of aromatic amines is 1. The van der Waals surface area contributed by atoms with Gasteiger partial charge >= 0.3 is 5.97 Å². The summed E-state index contributed by atoms with van der Waals surface area (Å²) in [5.41, 5.74) is 3.78. The van der Waals surface area contributed by atoms with Crippen LogP contribution in [0.1, 0.15) is 56.6 Å². The predicted octanol–water partition coefficient (Wildman–Crippen LogP) is 5.31. The van der Waals surface area contributed by atoms with E-state index >= 15 is 0 Å². The van der Waals surface area contributed by atoms with Crippen molar-refractivity contribution in [3.05, 3.63) is 41.6 Å². The number of hydrogen-bond donors (Lipinski definition) is 0. The van der Waals surface area contributed by atoms with Crippen LogP contribution in [0.25, 0.3) is 11.3 Å².